The second kappa shape index (κ2) is 19.1. The van der Waals surface area contributed by atoms with Crippen LogP contribution in [0.3, 0.4) is 0 Å². The predicted molar refractivity (Wildman–Crippen MR) is 208 cm³/mol. The number of anilines is 1. The fraction of sp³-hybridized carbons (Fsp3) is 0.462. The maximum absolute atomic E-state index is 12.5. The van der Waals surface area contributed by atoms with E-state index in [1.54, 1.807) is 24.3 Å². The number of hydrogen-bond donors (Lipinski definition) is 11. The third-order valence-electron chi connectivity index (χ3n) is 10.1. The second-order valence-electron chi connectivity index (χ2n) is 14.1. The van der Waals surface area contributed by atoms with Gasteiger partial charge >= 0.3 is 5.97 Å². The zero-order valence-corrected chi connectivity index (χ0v) is 31.7. The number of aromatic hydroxyl groups is 1. The number of carbonyl (C=O) groups is 1. The van der Waals surface area contributed by atoms with Gasteiger partial charge in [-0.05, 0) is 67.0 Å². The number of unbranched alkanes of at least 4 members (excludes halogenated alkanes) is 3. The Labute approximate surface area is 336 Å². The summed E-state index contributed by atoms with van der Waals surface area (Å²) >= 11 is 5.44. The lowest BCUT2D eigenvalue weighted by Crippen LogP contribution is -2.64. The molecule has 58 heavy (non-hydrogen) atoms. The molecule has 11 N–H and O–H groups in total. The monoisotopic (exact) mass is 830 g/mol. The number of carboxylic acids is 1. The van der Waals surface area contributed by atoms with Crippen molar-refractivity contribution < 1.29 is 74.1 Å². The SMILES string of the molecule is O=C(O)c1cc(NC(=S)NCCCCCCO[C@@H]2O[C@H](CO)[C@@H](O[C@@H]3O[C@H](CO)[C@H](O)[C@H](O)[C@H]3O)[C@H](O)[C@H]2O)ccc1-c1c2ccc(=O)cc-2oc2cc(O)ccc12. The van der Waals surface area contributed by atoms with E-state index in [-0.39, 0.29) is 39.8 Å². The van der Waals surface area contributed by atoms with Crippen molar-refractivity contribution in [2.24, 2.45) is 0 Å². The van der Waals surface area contributed by atoms with Gasteiger partial charge in [-0.25, -0.2) is 4.79 Å². The van der Waals surface area contributed by atoms with Crippen LogP contribution < -0.4 is 16.1 Å². The van der Waals surface area contributed by atoms with Crippen LogP contribution in [0.25, 0.3) is 33.4 Å². The Morgan fingerprint density at radius 3 is 2.22 bits per heavy atom. The molecule has 3 heterocycles. The van der Waals surface area contributed by atoms with E-state index in [9.17, 15) is 55.5 Å². The van der Waals surface area contributed by atoms with Crippen LogP contribution in [0.15, 0.2) is 63.8 Å². The van der Waals surface area contributed by atoms with E-state index < -0.39 is 80.6 Å². The third kappa shape index (κ3) is 9.57. The van der Waals surface area contributed by atoms with Gasteiger partial charge in [-0.15, -0.1) is 0 Å². The highest BCUT2D eigenvalue weighted by Gasteiger charge is 2.50. The number of nitrogens with one attached hydrogen (secondary N) is 2. The van der Waals surface area contributed by atoms with Crippen LogP contribution in [0.1, 0.15) is 36.0 Å². The van der Waals surface area contributed by atoms with Crippen LogP contribution in [-0.2, 0) is 18.9 Å². The number of thiocarbonyl (C=S) groups is 1. The van der Waals surface area contributed by atoms with Gasteiger partial charge in [0, 0.05) is 47.5 Å². The van der Waals surface area contributed by atoms with Crippen LogP contribution in [0.5, 0.6) is 5.75 Å². The number of aromatic carboxylic acids is 1. The first-order valence-corrected chi connectivity index (χ1v) is 19.0. The molecule has 0 saturated carbocycles. The van der Waals surface area contributed by atoms with Gasteiger partial charge in [0.05, 0.1) is 18.8 Å². The fourth-order valence-electron chi connectivity index (χ4n) is 7.02. The van der Waals surface area contributed by atoms with Crippen molar-refractivity contribution in [1.82, 2.24) is 5.32 Å². The molecule has 1 aliphatic carbocycles. The number of aliphatic hydroxyl groups excluding tert-OH is 7. The van der Waals surface area contributed by atoms with Crippen molar-refractivity contribution >= 4 is 40.0 Å². The Kier molecular flexibility index (Phi) is 14.3. The first-order chi connectivity index (χ1) is 27.8. The van der Waals surface area contributed by atoms with Crippen LogP contribution in [-0.4, -0.2) is 145 Å². The smallest absolute Gasteiger partial charge is 0.336 e. The maximum Gasteiger partial charge on any atom is 0.336 e. The molecule has 10 atom stereocenters. The van der Waals surface area contributed by atoms with Gasteiger partial charge in [0.15, 0.2) is 23.1 Å². The zero-order valence-electron chi connectivity index (χ0n) is 30.9. The zero-order chi connectivity index (χ0) is 41.7. The Hall–Kier alpha value is -4.35. The molecule has 314 valence electrons. The van der Waals surface area contributed by atoms with E-state index in [1.165, 1.54) is 30.3 Å². The molecular weight excluding hydrogens is 784 g/mol. The topological polar surface area (TPSA) is 290 Å². The van der Waals surface area contributed by atoms with Gasteiger partial charge in [0.25, 0.3) is 0 Å². The number of aliphatic hydroxyl groups is 7. The first kappa shape index (κ1) is 43.2. The van der Waals surface area contributed by atoms with Crippen molar-refractivity contribution in [3.8, 4) is 28.2 Å². The Morgan fingerprint density at radius 1 is 0.776 bits per heavy atom. The molecule has 6 rings (SSSR count). The van der Waals surface area contributed by atoms with Crippen molar-refractivity contribution in [2.45, 2.75) is 87.1 Å². The van der Waals surface area contributed by atoms with Gasteiger partial charge < -0.3 is 80.0 Å². The number of carboxylic acid groups (broad SMARTS) is 1. The molecule has 19 heteroatoms. The number of hydrogen-bond acceptors (Lipinski definition) is 16. The summed E-state index contributed by atoms with van der Waals surface area (Å²) in [7, 11) is 0. The number of benzene rings is 3. The molecular formula is C39H46N2O16S. The molecule has 0 spiro atoms. The van der Waals surface area contributed by atoms with Gasteiger partial charge in [0.1, 0.15) is 65.9 Å². The summed E-state index contributed by atoms with van der Waals surface area (Å²) < 4.78 is 28.0. The first-order valence-electron chi connectivity index (χ1n) is 18.6. The summed E-state index contributed by atoms with van der Waals surface area (Å²) in [5.74, 6) is -1.01. The average Bonchev–Trinajstić information content (AvgIpc) is 3.20. The molecule has 0 amide bonds. The summed E-state index contributed by atoms with van der Waals surface area (Å²) in [5, 5.41) is 98.3. The minimum Gasteiger partial charge on any atom is -0.508 e. The molecule has 18 nitrogen and oxygen atoms in total. The average molecular weight is 831 g/mol. The van der Waals surface area contributed by atoms with Gasteiger partial charge in [0.2, 0.25) is 0 Å². The van der Waals surface area contributed by atoms with Gasteiger partial charge in [-0.1, -0.05) is 18.9 Å². The lowest BCUT2D eigenvalue weighted by molar-refractivity contribution is -0.359. The Balaban J connectivity index is 0.955. The normalized spacial score (nSPS) is 27.4. The molecule has 2 saturated heterocycles. The molecule has 2 fully saturated rings. The molecule has 4 aliphatic rings. The predicted octanol–water partition coefficient (Wildman–Crippen LogP) is 0.456. The van der Waals surface area contributed by atoms with E-state index >= 15 is 0 Å². The lowest BCUT2D eigenvalue weighted by atomic mass is 9.90. The fourth-order valence-corrected chi connectivity index (χ4v) is 7.24. The van der Waals surface area contributed by atoms with Crippen molar-refractivity contribution in [3.63, 3.8) is 0 Å². The van der Waals surface area contributed by atoms with Crippen LogP contribution in [0, 0.1) is 0 Å². The number of fused-ring (bicyclic) bond motifs is 2. The van der Waals surface area contributed by atoms with Crippen molar-refractivity contribution in [2.75, 3.05) is 31.7 Å². The van der Waals surface area contributed by atoms with E-state index in [0.717, 1.165) is 12.8 Å². The Bertz CT molecular complexity index is 2080. The summed E-state index contributed by atoms with van der Waals surface area (Å²) in [6.45, 7) is -0.720. The van der Waals surface area contributed by atoms with E-state index in [1.807, 2.05) is 0 Å². The highest BCUT2D eigenvalue weighted by Crippen LogP contribution is 2.42. The van der Waals surface area contributed by atoms with Crippen molar-refractivity contribution in [3.05, 3.63) is 70.4 Å². The number of phenolic OH excluding ortho intramolecular Hbond substituents is 1. The number of rotatable bonds is 15. The minimum absolute atomic E-state index is 0.0307. The molecule has 2 aromatic carbocycles. The van der Waals surface area contributed by atoms with E-state index in [4.69, 9.17) is 35.6 Å². The summed E-state index contributed by atoms with van der Waals surface area (Å²) in [5.41, 5.74) is 1.80. The highest BCUT2D eigenvalue weighted by atomic mass is 32.1. The van der Waals surface area contributed by atoms with E-state index in [0.29, 0.717) is 47.2 Å². The third-order valence-corrected chi connectivity index (χ3v) is 10.3. The molecule has 0 unspecified atom stereocenters. The molecule has 3 aliphatic heterocycles. The summed E-state index contributed by atoms with van der Waals surface area (Å²) in [4.78, 5) is 24.6. The van der Waals surface area contributed by atoms with Crippen molar-refractivity contribution in [1.29, 1.82) is 0 Å². The highest BCUT2D eigenvalue weighted by molar-refractivity contribution is 7.80. The molecule has 0 aromatic heterocycles. The maximum atomic E-state index is 12.5. The van der Waals surface area contributed by atoms with Crippen LogP contribution in [0.4, 0.5) is 5.69 Å². The summed E-state index contributed by atoms with van der Waals surface area (Å²) in [6, 6.07) is 13.5. The standard InChI is InChI=1S/C39H46N2O16S/c42-16-27-30(46)31(47)33(49)38(55-27)57-35-28(17-43)56-37(34(50)32(35)48)53-12-4-2-1-3-11-40-39(58)41-18-5-8-21(24(13-18)36(51)52)29-22-9-6-19(44)14-25(22)54-26-15-20(45)7-10-23(26)29/h5-10,13-15,27-28,30-35,37-38,42-44,46-50H,1-4,11-12,16-17H2,(H,51,52)(H2,40,41,58)/t27-,28-,30+,31+,32-,33-,34-,35-,37-,38+/m1/s1. The molecule has 2 aromatic rings. The van der Waals surface area contributed by atoms with Gasteiger partial charge in [-0.3, -0.25) is 4.79 Å². The number of ether oxygens (including phenoxy) is 4. The van der Waals surface area contributed by atoms with Gasteiger partial charge in [-0.2, -0.15) is 0 Å². The number of phenols is 1. The minimum atomic E-state index is -1.77. The van der Waals surface area contributed by atoms with E-state index in [2.05, 4.69) is 10.6 Å². The molecule has 0 bridgehead atoms. The Morgan fingerprint density at radius 2 is 1.48 bits per heavy atom. The second-order valence-corrected chi connectivity index (χ2v) is 14.5. The quantitative estimate of drug-likeness (QED) is 0.0441. The van der Waals surface area contributed by atoms with Crippen LogP contribution >= 0.6 is 12.2 Å². The summed E-state index contributed by atoms with van der Waals surface area (Å²) in [6.07, 6.45) is -12.5. The molecule has 0 radical (unpaired) electrons. The largest absolute Gasteiger partial charge is 0.508 e. The lowest BCUT2D eigenvalue weighted by Gasteiger charge is -2.45. The van der Waals surface area contributed by atoms with Crippen LogP contribution in [0.2, 0.25) is 0 Å².